The third-order valence-electron chi connectivity index (χ3n) is 5.82. The lowest BCUT2D eigenvalue weighted by atomic mass is 9.89. The van der Waals surface area contributed by atoms with E-state index in [-0.39, 0.29) is 29.1 Å². The van der Waals surface area contributed by atoms with Gasteiger partial charge in [-0.1, -0.05) is 24.3 Å². The van der Waals surface area contributed by atoms with Crippen LogP contribution in [0.4, 0.5) is 10.1 Å². The number of rotatable bonds is 4. The van der Waals surface area contributed by atoms with Crippen molar-refractivity contribution in [2.24, 2.45) is 5.92 Å². The van der Waals surface area contributed by atoms with Crippen LogP contribution < -0.4 is 5.32 Å². The Kier molecular flexibility index (Phi) is 5.74. The molecule has 0 radical (unpaired) electrons. The third kappa shape index (κ3) is 4.39. The van der Waals surface area contributed by atoms with Gasteiger partial charge in [-0.3, -0.25) is 14.7 Å². The SMILES string of the molecule is O=C(Nc1ccccc1F)c1cc(C2CCN(C(=O)C3CC=CCC3)CC2)[nH]n1. The van der Waals surface area contributed by atoms with Gasteiger partial charge in [-0.05, 0) is 50.3 Å². The number of aromatic nitrogens is 2. The average Bonchev–Trinajstić information content (AvgIpc) is 3.26. The number of piperidine rings is 1. The number of likely N-dealkylation sites (tertiary alicyclic amines) is 1. The smallest absolute Gasteiger partial charge is 0.276 e. The normalized spacial score (nSPS) is 19.9. The molecular weight excluding hydrogens is 371 g/mol. The molecule has 1 aliphatic heterocycles. The molecule has 1 fully saturated rings. The fraction of sp³-hybridized carbons (Fsp3) is 0.409. The van der Waals surface area contributed by atoms with Crippen LogP contribution in [0.5, 0.6) is 0 Å². The lowest BCUT2D eigenvalue weighted by Crippen LogP contribution is -2.41. The van der Waals surface area contributed by atoms with Gasteiger partial charge in [0.25, 0.3) is 5.91 Å². The molecule has 4 rings (SSSR count). The molecule has 1 aromatic carbocycles. The molecule has 6 nitrogen and oxygen atoms in total. The number of carbonyl (C=O) groups is 2. The van der Waals surface area contributed by atoms with Gasteiger partial charge in [-0.25, -0.2) is 4.39 Å². The van der Waals surface area contributed by atoms with Crippen molar-refractivity contribution in [3.8, 4) is 0 Å². The van der Waals surface area contributed by atoms with Gasteiger partial charge in [0, 0.05) is 30.6 Å². The van der Waals surface area contributed by atoms with Crippen molar-refractivity contribution in [3.63, 3.8) is 0 Å². The fourth-order valence-electron chi connectivity index (χ4n) is 4.10. The Morgan fingerprint density at radius 2 is 1.93 bits per heavy atom. The van der Waals surface area contributed by atoms with Gasteiger partial charge < -0.3 is 10.2 Å². The molecule has 7 heteroatoms. The molecule has 0 saturated carbocycles. The monoisotopic (exact) mass is 396 g/mol. The zero-order valence-electron chi connectivity index (χ0n) is 16.2. The van der Waals surface area contributed by atoms with Gasteiger partial charge in [-0.2, -0.15) is 5.10 Å². The minimum atomic E-state index is -0.484. The van der Waals surface area contributed by atoms with E-state index < -0.39 is 11.7 Å². The second kappa shape index (κ2) is 8.59. The van der Waals surface area contributed by atoms with E-state index in [1.165, 1.54) is 12.1 Å². The molecule has 1 aromatic heterocycles. The molecule has 29 heavy (non-hydrogen) atoms. The van der Waals surface area contributed by atoms with Crippen molar-refractivity contribution in [3.05, 3.63) is 59.7 Å². The molecule has 0 spiro atoms. The molecule has 0 bridgehead atoms. The molecule has 1 saturated heterocycles. The van der Waals surface area contributed by atoms with Crippen LogP contribution in [0.25, 0.3) is 0 Å². The van der Waals surface area contributed by atoms with Crippen molar-refractivity contribution in [1.29, 1.82) is 0 Å². The first-order valence-corrected chi connectivity index (χ1v) is 10.2. The number of carbonyl (C=O) groups excluding carboxylic acids is 2. The van der Waals surface area contributed by atoms with Crippen LogP contribution in [0.1, 0.15) is 54.2 Å². The summed E-state index contributed by atoms with van der Waals surface area (Å²) in [5, 5.41) is 9.59. The molecule has 2 amide bonds. The number of aromatic amines is 1. The van der Waals surface area contributed by atoms with Crippen molar-refractivity contribution in [1.82, 2.24) is 15.1 Å². The summed E-state index contributed by atoms with van der Waals surface area (Å²) in [5.41, 5.74) is 1.25. The van der Waals surface area contributed by atoms with Gasteiger partial charge in [-0.15, -0.1) is 0 Å². The summed E-state index contributed by atoms with van der Waals surface area (Å²) in [5.74, 6) is -0.315. The number of hydrogen-bond donors (Lipinski definition) is 2. The van der Waals surface area contributed by atoms with Gasteiger partial charge in [0.15, 0.2) is 5.69 Å². The van der Waals surface area contributed by atoms with Crippen molar-refractivity contribution >= 4 is 17.5 Å². The number of amides is 2. The number of anilines is 1. The van der Waals surface area contributed by atoms with E-state index in [4.69, 9.17) is 0 Å². The Hall–Kier alpha value is -2.96. The van der Waals surface area contributed by atoms with Crippen LogP contribution in [0.2, 0.25) is 0 Å². The zero-order valence-corrected chi connectivity index (χ0v) is 16.2. The number of para-hydroxylation sites is 1. The number of allylic oxidation sites excluding steroid dienone is 2. The Balaban J connectivity index is 1.33. The van der Waals surface area contributed by atoms with Crippen LogP contribution in [0.3, 0.4) is 0 Å². The molecule has 152 valence electrons. The molecule has 1 aliphatic carbocycles. The number of halogens is 1. The minimum absolute atomic E-state index is 0.123. The first-order chi connectivity index (χ1) is 14.1. The van der Waals surface area contributed by atoms with E-state index in [0.717, 1.165) is 50.9 Å². The molecular formula is C22H25FN4O2. The van der Waals surface area contributed by atoms with E-state index in [9.17, 15) is 14.0 Å². The highest BCUT2D eigenvalue weighted by atomic mass is 19.1. The standard InChI is InChI=1S/C22H25FN4O2/c23-17-8-4-5-9-18(17)24-21(28)20-14-19(25-26-20)15-10-12-27(13-11-15)22(29)16-6-2-1-3-7-16/h1-2,4-5,8-9,14-16H,3,6-7,10-13H2,(H,24,28)(H,25,26). The van der Waals surface area contributed by atoms with E-state index in [1.807, 2.05) is 4.90 Å². The fourth-order valence-corrected chi connectivity index (χ4v) is 4.10. The van der Waals surface area contributed by atoms with E-state index >= 15 is 0 Å². The largest absolute Gasteiger partial charge is 0.342 e. The Bertz CT molecular complexity index is 915. The van der Waals surface area contributed by atoms with Crippen molar-refractivity contribution in [2.75, 3.05) is 18.4 Å². The summed E-state index contributed by atoms with van der Waals surface area (Å²) in [4.78, 5) is 27.0. The van der Waals surface area contributed by atoms with E-state index in [0.29, 0.717) is 0 Å². The number of nitrogens with zero attached hydrogens (tertiary/aromatic N) is 2. The molecule has 1 unspecified atom stereocenters. The van der Waals surface area contributed by atoms with Gasteiger partial charge in [0.1, 0.15) is 5.82 Å². The predicted molar refractivity (Wildman–Crippen MR) is 108 cm³/mol. The Morgan fingerprint density at radius 1 is 1.14 bits per heavy atom. The number of nitrogens with one attached hydrogen (secondary N) is 2. The maximum atomic E-state index is 13.7. The van der Waals surface area contributed by atoms with Crippen LogP contribution in [-0.4, -0.2) is 40.0 Å². The lowest BCUT2D eigenvalue weighted by molar-refractivity contribution is -0.136. The van der Waals surface area contributed by atoms with E-state index in [2.05, 4.69) is 27.7 Å². The molecule has 2 aliphatic rings. The number of H-pyrrole nitrogens is 1. The van der Waals surface area contributed by atoms with Crippen molar-refractivity contribution < 1.29 is 14.0 Å². The Labute approximate surface area is 169 Å². The second-order valence-corrected chi connectivity index (χ2v) is 7.72. The highest BCUT2D eigenvalue weighted by Crippen LogP contribution is 2.29. The first kappa shape index (κ1) is 19.4. The first-order valence-electron chi connectivity index (χ1n) is 10.2. The summed E-state index contributed by atoms with van der Waals surface area (Å²) in [7, 11) is 0. The van der Waals surface area contributed by atoms with E-state index in [1.54, 1.807) is 18.2 Å². The number of benzene rings is 1. The summed E-state index contributed by atoms with van der Waals surface area (Å²) in [6.45, 7) is 1.44. The Morgan fingerprint density at radius 3 is 2.66 bits per heavy atom. The third-order valence-corrected chi connectivity index (χ3v) is 5.82. The molecule has 2 N–H and O–H groups in total. The lowest BCUT2D eigenvalue weighted by Gasteiger charge is -2.34. The molecule has 2 heterocycles. The van der Waals surface area contributed by atoms with Crippen LogP contribution in [-0.2, 0) is 4.79 Å². The maximum absolute atomic E-state index is 13.7. The highest BCUT2D eigenvalue weighted by Gasteiger charge is 2.29. The van der Waals surface area contributed by atoms with Gasteiger partial charge in [0.2, 0.25) is 5.91 Å². The van der Waals surface area contributed by atoms with Crippen LogP contribution >= 0.6 is 0 Å². The highest BCUT2D eigenvalue weighted by molar-refractivity contribution is 6.03. The summed E-state index contributed by atoms with van der Waals surface area (Å²) < 4.78 is 13.7. The quantitative estimate of drug-likeness (QED) is 0.771. The summed E-state index contributed by atoms with van der Waals surface area (Å²) in [6, 6.07) is 7.76. The zero-order chi connectivity index (χ0) is 20.2. The minimum Gasteiger partial charge on any atom is -0.342 e. The summed E-state index contributed by atoms with van der Waals surface area (Å²) >= 11 is 0. The predicted octanol–water partition coefficient (Wildman–Crippen LogP) is 3.86. The topological polar surface area (TPSA) is 78.1 Å². The summed E-state index contributed by atoms with van der Waals surface area (Å²) in [6.07, 6.45) is 8.70. The van der Waals surface area contributed by atoms with Gasteiger partial charge >= 0.3 is 0 Å². The van der Waals surface area contributed by atoms with Gasteiger partial charge in [0.05, 0.1) is 5.69 Å². The van der Waals surface area contributed by atoms with Crippen LogP contribution in [0, 0.1) is 11.7 Å². The second-order valence-electron chi connectivity index (χ2n) is 7.72. The number of hydrogen-bond acceptors (Lipinski definition) is 3. The van der Waals surface area contributed by atoms with Crippen LogP contribution in [0.15, 0.2) is 42.5 Å². The average molecular weight is 396 g/mol. The van der Waals surface area contributed by atoms with Crippen molar-refractivity contribution in [2.45, 2.75) is 38.0 Å². The maximum Gasteiger partial charge on any atom is 0.276 e. The molecule has 1 atom stereocenters. The molecule has 2 aromatic rings.